The number of amides is 1. The van der Waals surface area contributed by atoms with Gasteiger partial charge in [-0.15, -0.1) is 0 Å². The number of carbonyl (C=O) groups excluding carboxylic acids is 1. The van der Waals surface area contributed by atoms with E-state index in [1.165, 1.54) is 0 Å². The number of benzene rings is 2. The highest BCUT2D eigenvalue weighted by atomic mass is 16.5. The third kappa shape index (κ3) is 4.83. The van der Waals surface area contributed by atoms with Gasteiger partial charge in [0.2, 0.25) is 5.91 Å². The van der Waals surface area contributed by atoms with E-state index in [1.807, 2.05) is 54.3 Å². The van der Waals surface area contributed by atoms with Crippen LogP contribution in [0.4, 0.5) is 11.4 Å². The Hall–Kier alpha value is -2.33. The first-order valence-corrected chi connectivity index (χ1v) is 9.05. The predicted molar refractivity (Wildman–Crippen MR) is 102 cm³/mol. The summed E-state index contributed by atoms with van der Waals surface area (Å²) in [5, 5.41) is 3.55. The SMILES string of the molecule is CCN(C(=O)Cc1ccc(NC2CCOCC2)cc1)c1ccccc1. The lowest BCUT2D eigenvalue weighted by atomic mass is 10.1. The van der Waals surface area contributed by atoms with Crippen molar-refractivity contribution in [3.8, 4) is 0 Å². The van der Waals surface area contributed by atoms with Crippen molar-refractivity contribution >= 4 is 17.3 Å². The van der Waals surface area contributed by atoms with Gasteiger partial charge in [-0.25, -0.2) is 0 Å². The molecule has 1 aliphatic heterocycles. The average molecular weight is 338 g/mol. The fraction of sp³-hybridized carbons (Fsp3) is 0.381. The Morgan fingerprint density at radius 1 is 1.08 bits per heavy atom. The van der Waals surface area contributed by atoms with Crippen LogP contribution < -0.4 is 10.2 Å². The Morgan fingerprint density at radius 3 is 2.40 bits per heavy atom. The van der Waals surface area contributed by atoms with Gasteiger partial charge < -0.3 is 15.0 Å². The van der Waals surface area contributed by atoms with Crippen molar-refractivity contribution in [1.29, 1.82) is 0 Å². The summed E-state index contributed by atoms with van der Waals surface area (Å²) in [6, 6.07) is 18.5. The summed E-state index contributed by atoms with van der Waals surface area (Å²) in [7, 11) is 0. The second-order valence-corrected chi connectivity index (χ2v) is 6.38. The van der Waals surface area contributed by atoms with Crippen LogP contribution in [0.5, 0.6) is 0 Å². The molecule has 0 aliphatic carbocycles. The quantitative estimate of drug-likeness (QED) is 0.869. The van der Waals surface area contributed by atoms with Crippen LogP contribution in [-0.2, 0) is 16.0 Å². The van der Waals surface area contributed by atoms with E-state index in [0.29, 0.717) is 19.0 Å². The van der Waals surface area contributed by atoms with Crippen molar-refractivity contribution < 1.29 is 9.53 Å². The summed E-state index contributed by atoms with van der Waals surface area (Å²) < 4.78 is 5.39. The van der Waals surface area contributed by atoms with Crippen molar-refractivity contribution in [2.45, 2.75) is 32.2 Å². The highest BCUT2D eigenvalue weighted by molar-refractivity contribution is 5.94. The largest absolute Gasteiger partial charge is 0.382 e. The van der Waals surface area contributed by atoms with E-state index >= 15 is 0 Å². The number of ether oxygens (including phenoxy) is 1. The molecule has 3 rings (SSSR count). The van der Waals surface area contributed by atoms with Gasteiger partial charge in [0.05, 0.1) is 6.42 Å². The number of rotatable bonds is 6. The Labute approximate surface area is 149 Å². The van der Waals surface area contributed by atoms with Crippen LogP contribution in [0.1, 0.15) is 25.3 Å². The molecule has 132 valence electrons. The van der Waals surface area contributed by atoms with Gasteiger partial charge >= 0.3 is 0 Å². The lowest BCUT2D eigenvalue weighted by Gasteiger charge is -2.24. The average Bonchev–Trinajstić information content (AvgIpc) is 2.66. The molecule has 1 fully saturated rings. The van der Waals surface area contributed by atoms with Gasteiger partial charge in [0.1, 0.15) is 0 Å². The number of carbonyl (C=O) groups is 1. The molecular formula is C21H26N2O2. The van der Waals surface area contributed by atoms with Gasteiger partial charge in [0.25, 0.3) is 0 Å². The smallest absolute Gasteiger partial charge is 0.231 e. The normalized spacial score (nSPS) is 14.9. The van der Waals surface area contributed by atoms with Crippen LogP contribution in [0.15, 0.2) is 54.6 Å². The first-order chi connectivity index (χ1) is 12.3. The van der Waals surface area contributed by atoms with E-state index in [1.54, 1.807) is 0 Å². The van der Waals surface area contributed by atoms with Gasteiger partial charge in [0, 0.05) is 37.2 Å². The van der Waals surface area contributed by atoms with Crippen LogP contribution in [0, 0.1) is 0 Å². The number of likely N-dealkylation sites (N-methyl/N-ethyl adjacent to an activating group) is 1. The minimum Gasteiger partial charge on any atom is -0.382 e. The van der Waals surface area contributed by atoms with Gasteiger partial charge in [-0.3, -0.25) is 4.79 Å². The second kappa shape index (κ2) is 8.67. The first-order valence-electron chi connectivity index (χ1n) is 9.05. The minimum atomic E-state index is 0.124. The fourth-order valence-electron chi connectivity index (χ4n) is 3.18. The summed E-state index contributed by atoms with van der Waals surface area (Å²) in [6.45, 7) is 4.34. The molecule has 1 aliphatic rings. The Balaban J connectivity index is 1.59. The van der Waals surface area contributed by atoms with E-state index in [9.17, 15) is 4.79 Å². The number of nitrogens with one attached hydrogen (secondary N) is 1. The summed E-state index contributed by atoms with van der Waals surface area (Å²) in [5.41, 5.74) is 3.10. The molecule has 2 aromatic rings. The molecular weight excluding hydrogens is 312 g/mol. The zero-order chi connectivity index (χ0) is 17.5. The Bertz CT molecular complexity index is 664. The van der Waals surface area contributed by atoms with Crippen LogP contribution in [0.3, 0.4) is 0 Å². The third-order valence-electron chi connectivity index (χ3n) is 4.59. The van der Waals surface area contributed by atoms with Gasteiger partial charge in [0.15, 0.2) is 0 Å². The molecule has 1 N–H and O–H groups in total. The van der Waals surface area contributed by atoms with Crippen molar-refractivity contribution in [1.82, 2.24) is 0 Å². The fourth-order valence-corrected chi connectivity index (χ4v) is 3.18. The highest BCUT2D eigenvalue weighted by Gasteiger charge is 2.15. The maximum Gasteiger partial charge on any atom is 0.231 e. The van der Waals surface area contributed by atoms with E-state index in [-0.39, 0.29) is 5.91 Å². The van der Waals surface area contributed by atoms with Crippen LogP contribution in [0.2, 0.25) is 0 Å². The zero-order valence-corrected chi connectivity index (χ0v) is 14.8. The molecule has 2 aromatic carbocycles. The third-order valence-corrected chi connectivity index (χ3v) is 4.59. The van der Waals surface area contributed by atoms with Crippen LogP contribution in [0.25, 0.3) is 0 Å². The Kier molecular flexibility index (Phi) is 6.07. The molecule has 0 spiro atoms. The van der Waals surface area contributed by atoms with E-state index in [2.05, 4.69) is 17.4 Å². The minimum absolute atomic E-state index is 0.124. The molecule has 0 atom stereocenters. The first kappa shape index (κ1) is 17.5. The molecule has 0 bridgehead atoms. The topological polar surface area (TPSA) is 41.6 Å². The molecule has 1 amide bonds. The van der Waals surface area contributed by atoms with Crippen LogP contribution in [-0.4, -0.2) is 31.7 Å². The Morgan fingerprint density at radius 2 is 1.76 bits per heavy atom. The number of nitrogens with zero attached hydrogens (tertiary/aromatic N) is 1. The number of anilines is 2. The maximum atomic E-state index is 12.6. The van der Waals surface area contributed by atoms with E-state index in [4.69, 9.17) is 4.74 Å². The number of hydrogen-bond acceptors (Lipinski definition) is 3. The molecule has 0 aromatic heterocycles. The molecule has 25 heavy (non-hydrogen) atoms. The molecule has 0 radical (unpaired) electrons. The highest BCUT2D eigenvalue weighted by Crippen LogP contribution is 2.18. The van der Waals surface area contributed by atoms with Crippen molar-refractivity contribution in [2.24, 2.45) is 0 Å². The van der Waals surface area contributed by atoms with Gasteiger partial charge in [-0.1, -0.05) is 30.3 Å². The van der Waals surface area contributed by atoms with Crippen molar-refractivity contribution in [3.05, 3.63) is 60.2 Å². The molecule has 1 saturated heterocycles. The maximum absolute atomic E-state index is 12.6. The summed E-state index contributed by atoms with van der Waals surface area (Å²) >= 11 is 0. The van der Waals surface area contributed by atoms with E-state index < -0.39 is 0 Å². The zero-order valence-electron chi connectivity index (χ0n) is 14.8. The lowest BCUT2D eigenvalue weighted by molar-refractivity contribution is -0.117. The second-order valence-electron chi connectivity index (χ2n) is 6.38. The molecule has 4 nitrogen and oxygen atoms in total. The molecule has 0 saturated carbocycles. The lowest BCUT2D eigenvalue weighted by Crippen LogP contribution is -2.31. The predicted octanol–water partition coefficient (Wildman–Crippen LogP) is 3.87. The van der Waals surface area contributed by atoms with Crippen molar-refractivity contribution in [2.75, 3.05) is 30.0 Å². The number of hydrogen-bond donors (Lipinski definition) is 1. The molecule has 1 heterocycles. The molecule has 4 heteroatoms. The molecule has 0 unspecified atom stereocenters. The monoisotopic (exact) mass is 338 g/mol. The van der Waals surface area contributed by atoms with Crippen LogP contribution >= 0.6 is 0 Å². The number of para-hydroxylation sites is 1. The summed E-state index contributed by atoms with van der Waals surface area (Å²) in [5.74, 6) is 0.124. The summed E-state index contributed by atoms with van der Waals surface area (Å²) in [6.07, 6.45) is 2.51. The van der Waals surface area contributed by atoms with Gasteiger partial charge in [-0.05, 0) is 49.6 Å². The standard InChI is InChI=1S/C21H26N2O2/c1-2-23(20-6-4-3-5-7-20)21(24)16-17-8-10-18(11-9-17)22-19-12-14-25-15-13-19/h3-11,19,22H,2,12-16H2,1H3. The summed E-state index contributed by atoms with van der Waals surface area (Å²) in [4.78, 5) is 14.5. The van der Waals surface area contributed by atoms with E-state index in [0.717, 1.165) is 43.0 Å². The van der Waals surface area contributed by atoms with Gasteiger partial charge in [-0.2, -0.15) is 0 Å². The van der Waals surface area contributed by atoms with Crippen molar-refractivity contribution in [3.63, 3.8) is 0 Å².